The standard InChI is InChI=1S/C17H28N2S/c1-5-7-8-15(6-2)12-18-17(20)19-16-10-13(3)9-14(4)11-16/h9-11,15H,5-8,12H2,1-4H3,(H2,18,19,20). The Labute approximate surface area is 129 Å². The first kappa shape index (κ1) is 17.0. The molecule has 20 heavy (non-hydrogen) atoms. The van der Waals surface area contributed by atoms with Crippen LogP contribution in [0.3, 0.4) is 0 Å². The van der Waals surface area contributed by atoms with Crippen molar-refractivity contribution in [1.82, 2.24) is 5.32 Å². The highest BCUT2D eigenvalue weighted by molar-refractivity contribution is 7.80. The zero-order valence-corrected chi connectivity index (χ0v) is 14.1. The molecule has 2 nitrogen and oxygen atoms in total. The molecule has 0 fully saturated rings. The Bertz CT molecular complexity index is 409. The lowest BCUT2D eigenvalue weighted by atomic mass is 9.99. The number of hydrogen-bond acceptors (Lipinski definition) is 1. The van der Waals surface area contributed by atoms with Gasteiger partial charge in [0.25, 0.3) is 0 Å². The lowest BCUT2D eigenvalue weighted by Crippen LogP contribution is -2.32. The van der Waals surface area contributed by atoms with Gasteiger partial charge in [0, 0.05) is 12.2 Å². The minimum atomic E-state index is 0.717. The van der Waals surface area contributed by atoms with E-state index in [2.05, 4.69) is 56.5 Å². The number of hydrogen-bond donors (Lipinski definition) is 2. The average Bonchev–Trinajstić information content (AvgIpc) is 2.37. The summed E-state index contributed by atoms with van der Waals surface area (Å²) in [5.41, 5.74) is 3.58. The molecule has 1 aromatic carbocycles. The normalized spacial score (nSPS) is 12.0. The van der Waals surface area contributed by atoms with Crippen LogP contribution in [0.25, 0.3) is 0 Å². The summed E-state index contributed by atoms with van der Waals surface area (Å²) >= 11 is 5.38. The largest absolute Gasteiger partial charge is 0.362 e. The van der Waals surface area contributed by atoms with Crippen molar-refractivity contribution in [2.24, 2.45) is 5.92 Å². The quantitative estimate of drug-likeness (QED) is 0.705. The number of nitrogens with one attached hydrogen (secondary N) is 2. The van der Waals surface area contributed by atoms with Crippen LogP contribution in [0.15, 0.2) is 18.2 Å². The van der Waals surface area contributed by atoms with E-state index in [1.807, 2.05) is 0 Å². The van der Waals surface area contributed by atoms with Crippen LogP contribution in [0.5, 0.6) is 0 Å². The monoisotopic (exact) mass is 292 g/mol. The summed E-state index contributed by atoms with van der Waals surface area (Å²) in [5, 5.41) is 7.36. The molecule has 2 N–H and O–H groups in total. The summed E-state index contributed by atoms with van der Waals surface area (Å²) in [7, 11) is 0. The molecule has 0 heterocycles. The fraction of sp³-hybridized carbons (Fsp3) is 0.588. The second-order valence-corrected chi connectivity index (χ2v) is 6.04. The molecule has 1 aromatic rings. The lowest BCUT2D eigenvalue weighted by Gasteiger charge is -2.17. The van der Waals surface area contributed by atoms with Gasteiger partial charge in [-0.1, -0.05) is 39.2 Å². The molecule has 0 radical (unpaired) electrons. The zero-order valence-electron chi connectivity index (χ0n) is 13.3. The topological polar surface area (TPSA) is 24.1 Å². The molecule has 0 spiro atoms. The SMILES string of the molecule is CCCCC(CC)CNC(=S)Nc1cc(C)cc(C)c1. The van der Waals surface area contributed by atoms with Crippen molar-refractivity contribution in [3.8, 4) is 0 Å². The third kappa shape index (κ3) is 6.38. The van der Waals surface area contributed by atoms with Gasteiger partial charge in [0.2, 0.25) is 0 Å². The number of benzene rings is 1. The van der Waals surface area contributed by atoms with E-state index in [0.29, 0.717) is 5.92 Å². The molecule has 1 unspecified atom stereocenters. The van der Waals surface area contributed by atoms with Gasteiger partial charge in [-0.15, -0.1) is 0 Å². The second-order valence-electron chi connectivity index (χ2n) is 5.63. The molecule has 1 rings (SSSR count). The molecule has 0 aliphatic rings. The summed E-state index contributed by atoms with van der Waals surface area (Å²) in [4.78, 5) is 0. The van der Waals surface area contributed by atoms with E-state index in [1.165, 1.54) is 36.8 Å². The van der Waals surface area contributed by atoms with Crippen molar-refractivity contribution in [1.29, 1.82) is 0 Å². The molecule has 112 valence electrons. The van der Waals surface area contributed by atoms with Gasteiger partial charge in [0.15, 0.2) is 5.11 Å². The number of rotatable bonds is 7. The second kappa shape index (κ2) is 8.96. The number of unbranched alkanes of at least 4 members (excludes halogenated alkanes) is 1. The Morgan fingerprint density at radius 2 is 1.80 bits per heavy atom. The minimum Gasteiger partial charge on any atom is -0.362 e. The highest BCUT2D eigenvalue weighted by atomic mass is 32.1. The Morgan fingerprint density at radius 1 is 1.15 bits per heavy atom. The van der Waals surface area contributed by atoms with Crippen LogP contribution < -0.4 is 10.6 Å². The fourth-order valence-electron chi connectivity index (χ4n) is 2.40. The first-order valence-electron chi connectivity index (χ1n) is 7.68. The van der Waals surface area contributed by atoms with Crippen molar-refractivity contribution in [2.45, 2.75) is 53.4 Å². The van der Waals surface area contributed by atoms with Gasteiger partial charge in [0.1, 0.15) is 0 Å². The summed E-state index contributed by atoms with van der Waals surface area (Å²) in [6, 6.07) is 6.41. The van der Waals surface area contributed by atoms with Crippen molar-refractivity contribution in [3.05, 3.63) is 29.3 Å². The number of aryl methyl sites for hydroxylation is 2. The first-order chi connectivity index (χ1) is 9.55. The Balaban J connectivity index is 2.42. The van der Waals surface area contributed by atoms with Crippen LogP contribution in [-0.2, 0) is 0 Å². The van der Waals surface area contributed by atoms with Gasteiger partial charge in [0.05, 0.1) is 0 Å². The summed E-state index contributed by atoms with van der Waals surface area (Å²) in [6.45, 7) is 9.67. The third-order valence-electron chi connectivity index (χ3n) is 3.57. The molecule has 0 saturated heterocycles. The van der Waals surface area contributed by atoms with Crippen LogP contribution in [0.1, 0.15) is 50.7 Å². The van der Waals surface area contributed by atoms with E-state index >= 15 is 0 Å². The van der Waals surface area contributed by atoms with Gasteiger partial charge < -0.3 is 10.6 Å². The average molecular weight is 292 g/mol. The number of thiocarbonyl (C=S) groups is 1. The fourth-order valence-corrected chi connectivity index (χ4v) is 2.60. The summed E-state index contributed by atoms with van der Waals surface area (Å²) in [5.74, 6) is 0.717. The summed E-state index contributed by atoms with van der Waals surface area (Å²) < 4.78 is 0. The molecule has 3 heteroatoms. The van der Waals surface area contributed by atoms with Gasteiger partial charge in [-0.3, -0.25) is 0 Å². The third-order valence-corrected chi connectivity index (χ3v) is 3.82. The van der Waals surface area contributed by atoms with E-state index in [4.69, 9.17) is 12.2 Å². The first-order valence-corrected chi connectivity index (χ1v) is 8.09. The van der Waals surface area contributed by atoms with Gasteiger partial charge in [-0.25, -0.2) is 0 Å². The molecule has 0 bridgehead atoms. The van der Waals surface area contributed by atoms with Crippen molar-refractivity contribution >= 4 is 23.0 Å². The lowest BCUT2D eigenvalue weighted by molar-refractivity contribution is 0.446. The van der Waals surface area contributed by atoms with E-state index in [0.717, 1.165) is 17.3 Å². The van der Waals surface area contributed by atoms with Gasteiger partial charge in [-0.2, -0.15) is 0 Å². The molecular weight excluding hydrogens is 264 g/mol. The van der Waals surface area contributed by atoms with Crippen LogP contribution in [0, 0.1) is 19.8 Å². The maximum Gasteiger partial charge on any atom is 0.170 e. The molecular formula is C17H28N2S. The summed E-state index contributed by atoms with van der Waals surface area (Å²) in [6.07, 6.45) is 5.06. The molecule has 1 atom stereocenters. The predicted molar refractivity (Wildman–Crippen MR) is 93.4 cm³/mol. The molecule has 0 aromatic heterocycles. The Hall–Kier alpha value is -1.09. The molecule has 0 amide bonds. The van der Waals surface area contributed by atoms with Crippen LogP contribution in [-0.4, -0.2) is 11.7 Å². The van der Waals surface area contributed by atoms with Crippen molar-refractivity contribution in [2.75, 3.05) is 11.9 Å². The Morgan fingerprint density at radius 3 is 2.35 bits per heavy atom. The van der Waals surface area contributed by atoms with Crippen LogP contribution in [0.2, 0.25) is 0 Å². The Kier molecular flexibility index (Phi) is 7.60. The minimum absolute atomic E-state index is 0.717. The van der Waals surface area contributed by atoms with Gasteiger partial charge >= 0.3 is 0 Å². The predicted octanol–water partition coefficient (Wildman–Crippen LogP) is 4.81. The number of anilines is 1. The maximum atomic E-state index is 5.38. The molecule has 0 saturated carbocycles. The highest BCUT2D eigenvalue weighted by Crippen LogP contribution is 2.14. The molecule has 0 aliphatic carbocycles. The van der Waals surface area contributed by atoms with E-state index in [9.17, 15) is 0 Å². The van der Waals surface area contributed by atoms with Crippen LogP contribution in [0.4, 0.5) is 5.69 Å². The highest BCUT2D eigenvalue weighted by Gasteiger charge is 2.06. The van der Waals surface area contributed by atoms with Crippen molar-refractivity contribution in [3.63, 3.8) is 0 Å². The van der Waals surface area contributed by atoms with E-state index in [-0.39, 0.29) is 0 Å². The zero-order chi connectivity index (χ0) is 15.0. The van der Waals surface area contributed by atoms with Crippen molar-refractivity contribution < 1.29 is 0 Å². The smallest absolute Gasteiger partial charge is 0.170 e. The molecule has 0 aliphatic heterocycles. The van der Waals surface area contributed by atoms with E-state index in [1.54, 1.807) is 0 Å². The van der Waals surface area contributed by atoms with Gasteiger partial charge in [-0.05, 0) is 61.7 Å². The maximum absolute atomic E-state index is 5.38. The van der Waals surface area contributed by atoms with E-state index < -0.39 is 0 Å². The van der Waals surface area contributed by atoms with Crippen LogP contribution >= 0.6 is 12.2 Å².